The van der Waals surface area contributed by atoms with Gasteiger partial charge in [0.15, 0.2) is 0 Å². The number of anilines is 2. The van der Waals surface area contributed by atoms with E-state index in [1.165, 1.54) is 10.6 Å². The molecule has 0 unspecified atom stereocenters. The van der Waals surface area contributed by atoms with Gasteiger partial charge in [-0.2, -0.15) is 0 Å². The molecule has 1 saturated heterocycles. The van der Waals surface area contributed by atoms with Crippen LogP contribution in [-0.4, -0.2) is 40.2 Å². The van der Waals surface area contributed by atoms with E-state index in [2.05, 4.69) is 10.6 Å². The number of amides is 1. The van der Waals surface area contributed by atoms with Crippen LogP contribution in [0.15, 0.2) is 18.2 Å². The monoisotopic (exact) mass is 337 g/mol. The van der Waals surface area contributed by atoms with Gasteiger partial charge in [0, 0.05) is 18.2 Å². The van der Waals surface area contributed by atoms with Crippen LogP contribution in [0.2, 0.25) is 0 Å². The Bertz CT molecular complexity index is 697. The topological polar surface area (TPSA) is 78.5 Å². The fourth-order valence-electron chi connectivity index (χ4n) is 3.29. The van der Waals surface area contributed by atoms with E-state index >= 15 is 0 Å². The van der Waals surface area contributed by atoms with Crippen molar-refractivity contribution in [3.63, 3.8) is 0 Å². The summed E-state index contributed by atoms with van der Waals surface area (Å²) >= 11 is 0. The summed E-state index contributed by atoms with van der Waals surface area (Å²) in [5.41, 5.74) is 2.38. The summed E-state index contributed by atoms with van der Waals surface area (Å²) in [4.78, 5) is 12.3. The maximum atomic E-state index is 12.3. The van der Waals surface area contributed by atoms with Gasteiger partial charge in [-0.15, -0.1) is 0 Å². The number of benzene rings is 1. The van der Waals surface area contributed by atoms with E-state index in [0.29, 0.717) is 17.9 Å². The van der Waals surface area contributed by atoms with Crippen molar-refractivity contribution >= 4 is 27.3 Å². The molecule has 0 bridgehead atoms. The predicted molar refractivity (Wildman–Crippen MR) is 91.2 cm³/mol. The fraction of sp³-hybridized carbons (Fsp3) is 0.562. The van der Waals surface area contributed by atoms with Gasteiger partial charge in [0.2, 0.25) is 15.9 Å². The Labute approximate surface area is 137 Å². The molecular weight excluding hydrogens is 314 g/mol. The first-order valence-electron chi connectivity index (χ1n) is 8.07. The molecule has 1 aromatic rings. The van der Waals surface area contributed by atoms with Crippen molar-refractivity contribution in [2.45, 2.75) is 25.7 Å². The smallest absolute Gasteiger partial charge is 0.232 e. The van der Waals surface area contributed by atoms with Crippen molar-refractivity contribution in [3.8, 4) is 0 Å². The maximum absolute atomic E-state index is 12.3. The highest BCUT2D eigenvalue weighted by atomic mass is 32.2. The first-order chi connectivity index (χ1) is 10.9. The summed E-state index contributed by atoms with van der Waals surface area (Å²) in [6.07, 6.45) is 4.59. The molecule has 6 nitrogen and oxygen atoms in total. The molecule has 7 heteroatoms. The van der Waals surface area contributed by atoms with Gasteiger partial charge in [0.05, 0.1) is 11.9 Å². The summed E-state index contributed by atoms with van der Waals surface area (Å²) in [6.45, 7) is 2.23. The lowest BCUT2D eigenvalue weighted by Gasteiger charge is -2.30. The minimum atomic E-state index is -3.29. The average molecular weight is 337 g/mol. The largest absolute Gasteiger partial charge is 0.326 e. The molecule has 1 amide bonds. The molecule has 2 aliphatic heterocycles. The molecule has 2 heterocycles. The summed E-state index contributed by atoms with van der Waals surface area (Å²) in [5, 5.41) is 6.19. The van der Waals surface area contributed by atoms with Crippen LogP contribution in [0, 0.1) is 5.92 Å². The number of carbonyl (C=O) groups is 1. The second-order valence-corrected chi connectivity index (χ2v) is 8.20. The van der Waals surface area contributed by atoms with Crippen LogP contribution in [0.3, 0.4) is 0 Å². The first kappa shape index (κ1) is 16.3. The van der Waals surface area contributed by atoms with Gasteiger partial charge in [-0.25, -0.2) is 8.42 Å². The maximum Gasteiger partial charge on any atom is 0.232 e. The van der Waals surface area contributed by atoms with E-state index in [1.54, 1.807) is 6.07 Å². The average Bonchev–Trinajstić information content (AvgIpc) is 2.54. The molecule has 23 heavy (non-hydrogen) atoms. The van der Waals surface area contributed by atoms with Gasteiger partial charge in [-0.3, -0.25) is 9.10 Å². The molecule has 0 aliphatic carbocycles. The van der Waals surface area contributed by atoms with E-state index in [0.717, 1.165) is 44.3 Å². The zero-order chi connectivity index (χ0) is 16.4. The molecule has 0 atom stereocenters. The van der Waals surface area contributed by atoms with Crippen molar-refractivity contribution in [2.75, 3.05) is 35.5 Å². The number of rotatable bonds is 3. The number of nitrogens with zero attached hydrogens (tertiary/aromatic N) is 1. The van der Waals surface area contributed by atoms with Gasteiger partial charge in [-0.05, 0) is 56.5 Å². The van der Waals surface area contributed by atoms with Gasteiger partial charge in [-0.1, -0.05) is 6.07 Å². The fourth-order valence-corrected chi connectivity index (χ4v) is 4.28. The van der Waals surface area contributed by atoms with Crippen molar-refractivity contribution < 1.29 is 13.2 Å². The second-order valence-electron chi connectivity index (χ2n) is 6.30. The molecule has 0 radical (unpaired) electrons. The third-order valence-corrected chi connectivity index (χ3v) is 5.72. The normalized spacial score (nSPS) is 19.3. The lowest BCUT2D eigenvalue weighted by Crippen LogP contribution is -2.35. The number of hydrogen-bond acceptors (Lipinski definition) is 4. The number of sulfonamides is 1. The lowest BCUT2D eigenvalue weighted by molar-refractivity contribution is -0.120. The SMILES string of the molecule is CS(=O)(=O)N1CCCc2ccc(NC(=O)C3CCNCC3)cc21. The van der Waals surface area contributed by atoms with Gasteiger partial charge < -0.3 is 10.6 Å². The highest BCUT2D eigenvalue weighted by Crippen LogP contribution is 2.32. The quantitative estimate of drug-likeness (QED) is 0.872. The van der Waals surface area contributed by atoms with Crippen molar-refractivity contribution in [2.24, 2.45) is 5.92 Å². The molecule has 0 aromatic heterocycles. The number of piperidine rings is 1. The minimum Gasteiger partial charge on any atom is -0.326 e. The van der Waals surface area contributed by atoms with E-state index < -0.39 is 10.0 Å². The molecule has 0 spiro atoms. The lowest BCUT2D eigenvalue weighted by atomic mass is 9.97. The highest BCUT2D eigenvalue weighted by Gasteiger charge is 2.25. The van der Waals surface area contributed by atoms with Crippen LogP contribution in [0.25, 0.3) is 0 Å². The Hall–Kier alpha value is -1.60. The Morgan fingerprint density at radius 3 is 2.74 bits per heavy atom. The van der Waals surface area contributed by atoms with E-state index in [1.807, 2.05) is 12.1 Å². The molecule has 1 fully saturated rings. The minimum absolute atomic E-state index is 0.0214. The Morgan fingerprint density at radius 2 is 2.04 bits per heavy atom. The second kappa shape index (κ2) is 6.49. The third kappa shape index (κ3) is 3.67. The number of nitrogens with one attached hydrogen (secondary N) is 2. The molecular formula is C16H23N3O3S. The number of aryl methyl sites for hydroxylation is 1. The molecule has 2 N–H and O–H groups in total. The number of hydrogen-bond donors (Lipinski definition) is 2. The predicted octanol–water partition coefficient (Wildman–Crippen LogP) is 1.34. The van der Waals surface area contributed by atoms with Crippen molar-refractivity contribution in [1.29, 1.82) is 0 Å². The standard InChI is InChI=1S/C16H23N3O3S/c1-23(21,22)19-10-2-3-12-4-5-14(11-15(12)19)18-16(20)13-6-8-17-9-7-13/h4-5,11,13,17H,2-3,6-10H2,1H3,(H,18,20). The van der Waals surface area contributed by atoms with Gasteiger partial charge >= 0.3 is 0 Å². The van der Waals surface area contributed by atoms with E-state index in [9.17, 15) is 13.2 Å². The van der Waals surface area contributed by atoms with Crippen LogP contribution in [0.4, 0.5) is 11.4 Å². The molecule has 2 aliphatic rings. The third-order valence-electron chi connectivity index (χ3n) is 4.54. The molecule has 0 saturated carbocycles. The summed E-state index contributed by atoms with van der Waals surface area (Å²) in [6, 6.07) is 5.57. The summed E-state index contributed by atoms with van der Waals surface area (Å²) in [7, 11) is -3.29. The highest BCUT2D eigenvalue weighted by molar-refractivity contribution is 7.92. The summed E-state index contributed by atoms with van der Waals surface area (Å²) < 4.78 is 25.4. The van der Waals surface area contributed by atoms with Crippen LogP contribution in [-0.2, 0) is 21.2 Å². The molecule has 3 rings (SSSR count). The van der Waals surface area contributed by atoms with Gasteiger partial charge in [0.25, 0.3) is 0 Å². The van der Waals surface area contributed by atoms with E-state index in [4.69, 9.17) is 0 Å². The number of carbonyl (C=O) groups excluding carboxylic acids is 1. The Balaban J connectivity index is 1.80. The van der Waals surface area contributed by atoms with E-state index in [-0.39, 0.29) is 11.8 Å². The van der Waals surface area contributed by atoms with Crippen molar-refractivity contribution in [1.82, 2.24) is 5.32 Å². The Kier molecular flexibility index (Phi) is 4.59. The molecule has 126 valence electrons. The number of fused-ring (bicyclic) bond motifs is 1. The van der Waals surface area contributed by atoms with Crippen LogP contribution < -0.4 is 14.9 Å². The summed E-state index contributed by atoms with van der Waals surface area (Å²) in [5.74, 6) is 0.0476. The van der Waals surface area contributed by atoms with Crippen LogP contribution in [0.1, 0.15) is 24.8 Å². The van der Waals surface area contributed by atoms with Gasteiger partial charge in [0.1, 0.15) is 0 Å². The first-order valence-corrected chi connectivity index (χ1v) is 9.92. The zero-order valence-corrected chi connectivity index (χ0v) is 14.2. The zero-order valence-electron chi connectivity index (χ0n) is 13.3. The van der Waals surface area contributed by atoms with Crippen molar-refractivity contribution in [3.05, 3.63) is 23.8 Å². The van der Waals surface area contributed by atoms with Crippen LogP contribution in [0.5, 0.6) is 0 Å². The molecule has 1 aromatic carbocycles. The van der Waals surface area contributed by atoms with Crippen LogP contribution >= 0.6 is 0 Å². The Morgan fingerprint density at radius 1 is 1.30 bits per heavy atom.